The van der Waals surface area contributed by atoms with E-state index in [1.165, 1.54) is 0 Å². The summed E-state index contributed by atoms with van der Waals surface area (Å²) in [5, 5.41) is 10.0. The van der Waals surface area contributed by atoms with Crippen LogP contribution in [0.4, 0.5) is 0 Å². The van der Waals surface area contributed by atoms with Crippen LogP contribution in [0.2, 0.25) is 5.02 Å². The Kier molecular flexibility index (Phi) is 6.73. The van der Waals surface area contributed by atoms with Crippen LogP contribution in [0.25, 0.3) is 11.6 Å². The summed E-state index contributed by atoms with van der Waals surface area (Å²) in [4.78, 5) is 0. The highest BCUT2D eigenvalue weighted by Crippen LogP contribution is 2.32. The molecule has 0 amide bonds. The Hall–Kier alpha value is -2.64. The lowest BCUT2D eigenvalue weighted by atomic mass is 10.0. The van der Waals surface area contributed by atoms with Crippen LogP contribution in [0.1, 0.15) is 24.5 Å². The molecule has 0 N–H and O–H groups in total. The number of hydrogen-bond donors (Lipinski definition) is 0. The van der Waals surface area contributed by atoms with Crippen molar-refractivity contribution in [3.8, 4) is 23.3 Å². The van der Waals surface area contributed by atoms with E-state index in [1.807, 2.05) is 25.1 Å². The second kappa shape index (κ2) is 9.00. The number of ether oxygens (including phenoxy) is 3. The Morgan fingerprint density at radius 1 is 1.08 bits per heavy atom. The largest absolute Gasteiger partial charge is 0.493 e. The third-order valence-electron chi connectivity index (χ3n) is 3.54. The molecule has 0 aromatic heterocycles. The first-order valence-corrected chi connectivity index (χ1v) is 8.27. The molecule has 0 aliphatic heterocycles. The molecule has 2 aromatic carbocycles. The molecule has 0 fully saturated rings. The molecule has 0 radical (unpaired) electrons. The van der Waals surface area contributed by atoms with Crippen LogP contribution in [-0.2, 0) is 0 Å². The molecule has 0 saturated heterocycles. The van der Waals surface area contributed by atoms with Gasteiger partial charge < -0.3 is 14.2 Å². The van der Waals surface area contributed by atoms with Gasteiger partial charge in [-0.25, -0.2) is 0 Å². The number of nitrogens with zero attached hydrogens (tertiary/aromatic N) is 1. The molecule has 0 heterocycles. The first kappa shape index (κ1) is 18.7. The van der Waals surface area contributed by atoms with Gasteiger partial charge in [0.05, 0.1) is 37.5 Å². The second-order valence-corrected chi connectivity index (χ2v) is 5.69. The van der Waals surface area contributed by atoms with Crippen molar-refractivity contribution in [1.82, 2.24) is 0 Å². The Morgan fingerprint density at radius 2 is 1.80 bits per heavy atom. The van der Waals surface area contributed by atoms with Crippen LogP contribution in [0.15, 0.2) is 36.4 Å². The molecule has 0 bridgehead atoms. The van der Waals surface area contributed by atoms with Gasteiger partial charge in [0.1, 0.15) is 5.75 Å². The summed E-state index contributed by atoms with van der Waals surface area (Å²) in [7, 11) is 3.13. The monoisotopic (exact) mass is 357 g/mol. The summed E-state index contributed by atoms with van der Waals surface area (Å²) in [6.45, 7) is 2.65. The van der Waals surface area contributed by atoms with E-state index in [0.29, 0.717) is 34.5 Å². The Morgan fingerprint density at radius 3 is 2.40 bits per heavy atom. The van der Waals surface area contributed by atoms with Crippen molar-refractivity contribution in [1.29, 1.82) is 5.26 Å². The van der Waals surface area contributed by atoms with Crippen LogP contribution < -0.4 is 14.2 Å². The van der Waals surface area contributed by atoms with E-state index >= 15 is 0 Å². The molecule has 5 heteroatoms. The van der Waals surface area contributed by atoms with Crippen LogP contribution in [0, 0.1) is 11.3 Å². The lowest BCUT2D eigenvalue weighted by molar-refractivity contribution is 0.317. The number of allylic oxidation sites excluding steroid dienone is 1. The van der Waals surface area contributed by atoms with Crippen molar-refractivity contribution in [2.45, 2.75) is 13.3 Å². The third-order valence-corrected chi connectivity index (χ3v) is 3.84. The number of hydrogen-bond acceptors (Lipinski definition) is 4. The second-order valence-electron chi connectivity index (χ2n) is 5.28. The minimum atomic E-state index is 0.499. The molecule has 0 aliphatic carbocycles. The van der Waals surface area contributed by atoms with E-state index in [1.54, 1.807) is 38.5 Å². The summed E-state index contributed by atoms with van der Waals surface area (Å²) in [5.41, 5.74) is 2.06. The molecule has 0 saturated carbocycles. The summed E-state index contributed by atoms with van der Waals surface area (Å²) in [6, 6.07) is 13.0. The minimum absolute atomic E-state index is 0.499. The predicted molar refractivity (Wildman–Crippen MR) is 100 cm³/mol. The number of rotatable bonds is 7. The molecule has 0 spiro atoms. The van der Waals surface area contributed by atoms with Gasteiger partial charge in [-0.1, -0.05) is 24.6 Å². The van der Waals surface area contributed by atoms with E-state index in [0.717, 1.165) is 17.5 Å². The van der Waals surface area contributed by atoms with Crippen molar-refractivity contribution in [3.05, 3.63) is 52.5 Å². The smallest absolute Gasteiger partial charge is 0.161 e. The topological polar surface area (TPSA) is 51.5 Å². The molecule has 25 heavy (non-hydrogen) atoms. The molecule has 4 nitrogen and oxygen atoms in total. The SMILES string of the molecule is CCCOc1ccc(/C=C(\C#N)c2ccc(OC)c(OC)c2)cc1Cl. The Balaban J connectivity index is 2.34. The van der Waals surface area contributed by atoms with Gasteiger partial charge in [0.25, 0.3) is 0 Å². The first-order valence-electron chi connectivity index (χ1n) is 7.89. The first-order chi connectivity index (χ1) is 12.1. The van der Waals surface area contributed by atoms with Gasteiger partial charge in [0.15, 0.2) is 11.5 Å². The van der Waals surface area contributed by atoms with Crippen LogP contribution in [0.3, 0.4) is 0 Å². The van der Waals surface area contributed by atoms with Crippen molar-refractivity contribution in [2.75, 3.05) is 20.8 Å². The fourth-order valence-electron chi connectivity index (χ4n) is 2.29. The lowest BCUT2D eigenvalue weighted by Gasteiger charge is -2.10. The average Bonchev–Trinajstić information content (AvgIpc) is 2.64. The number of halogens is 1. The summed E-state index contributed by atoms with van der Waals surface area (Å²) >= 11 is 6.25. The fourth-order valence-corrected chi connectivity index (χ4v) is 2.53. The van der Waals surface area contributed by atoms with E-state index in [4.69, 9.17) is 25.8 Å². The molecular weight excluding hydrogens is 338 g/mol. The van der Waals surface area contributed by atoms with Crippen LogP contribution in [0.5, 0.6) is 17.2 Å². The van der Waals surface area contributed by atoms with E-state index < -0.39 is 0 Å². The third kappa shape index (κ3) is 4.68. The molecule has 2 rings (SSSR count). The lowest BCUT2D eigenvalue weighted by Crippen LogP contribution is -1.95. The van der Waals surface area contributed by atoms with E-state index in [2.05, 4.69) is 6.07 Å². The zero-order valence-corrected chi connectivity index (χ0v) is 15.3. The van der Waals surface area contributed by atoms with Crippen molar-refractivity contribution in [3.63, 3.8) is 0 Å². The van der Waals surface area contributed by atoms with Crippen LogP contribution >= 0.6 is 11.6 Å². The standard InChI is InChI=1S/C20H20ClNO3/c1-4-9-25-18-7-5-14(11-17(18)21)10-16(13-22)15-6-8-19(23-2)20(12-15)24-3/h5-8,10-12H,4,9H2,1-3H3/b16-10+. The Labute approximate surface area is 153 Å². The summed E-state index contributed by atoms with van der Waals surface area (Å²) in [5.74, 6) is 1.83. The molecule has 0 aliphatic rings. The van der Waals surface area contributed by atoms with Crippen LogP contribution in [-0.4, -0.2) is 20.8 Å². The van der Waals surface area contributed by atoms with Gasteiger partial charge >= 0.3 is 0 Å². The molecule has 0 unspecified atom stereocenters. The van der Waals surface area contributed by atoms with Gasteiger partial charge in [0.2, 0.25) is 0 Å². The maximum Gasteiger partial charge on any atom is 0.161 e. The quantitative estimate of drug-likeness (QED) is 0.504. The van der Waals surface area contributed by atoms with Gasteiger partial charge in [-0.05, 0) is 54.0 Å². The highest BCUT2D eigenvalue weighted by Gasteiger charge is 2.09. The number of benzene rings is 2. The maximum atomic E-state index is 9.52. The fraction of sp³-hybridized carbons (Fsp3) is 0.250. The van der Waals surface area contributed by atoms with Gasteiger partial charge in [-0.2, -0.15) is 5.26 Å². The summed E-state index contributed by atoms with van der Waals surface area (Å²) in [6.07, 6.45) is 2.69. The zero-order valence-electron chi connectivity index (χ0n) is 14.5. The van der Waals surface area contributed by atoms with Crippen molar-refractivity contribution >= 4 is 23.3 Å². The average molecular weight is 358 g/mol. The zero-order chi connectivity index (χ0) is 18.2. The van der Waals surface area contributed by atoms with Crippen molar-refractivity contribution in [2.24, 2.45) is 0 Å². The van der Waals surface area contributed by atoms with E-state index in [9.17, 15) is 5.26 Å². The number of nitriles is 1. The molecule has 2 aromatic rings. The van der Waals surface area contributed by atoms with Gasteiger partial charge in [-0.3, -0.25) is 0 Å². The normalized spacial score (nSPS) is 10.9. The van der Waals surface area contributed by atoms with Gasteiger partial charge in [0, 0.05) is 0 Å². The molecule has 0 atom stereocenters. The number of methoxy groups -OCH3 is 2. The maximum absolute atomic E-state index is 9.52. The van der Waals surface area contributed by atoms with Gasteiger partial charge in [-0.15, -0.1) is 0 Å². The molecule has 130 valence electrons. The summed E-state index contributed by atoms with van der Waals surface area (Å²) < 4.78 is 16.1. The van der Waals surface area contributed by atoms with Crippen molar-refractivity contribution < 1.29 is 14.2 Å². The minimum Gasteiger partial charge on any atom is -0.493 e. The Bertz CT molecular complexity index is 809. The predicted octanol–water partition coefficient (Wildman–Crippen LogP) is 5.21. The highest BCUT2D eigenvalue weighted by atomic mass is 35.5. The molecular formula is C20H20ClNO3. The van der Waals surface area contributed by atoms with E-state index in [-0.39, 0.29) is 0 Å². The highest BCUT2D eigenvalue weighted by molar-refractivity contribution is 6.32.